The molecular formula is C8H14N2O. The molecule has 0 saturated carbocycles. The molecule has 0 rings (SSSR count). The zero-order chi connectivity index (χ0) is 8.69. The van der Waals surface area contributed by atoms with Crippen LogP contribution in [0.3, 0.4) is 0 Å². The van der Waals surface area contributed by atoms with E-state index in [-0.39, 0.29) is 0 Å². The SMILES string of the molecule is CC/C(C=O)=C/NC(C)=NC. The molecule has 0 spiro atoms. The summed E-state index contributed by atoms with van der Waals surface area (Å²) >= 11 is 0. The van der Waals surface area contributed by atoms with E-state index in [0.717, 1.165) is 24.1 Å². The molecule has 0 aromatic rings. The molecule has 0 atom stereocenters. The predicted octanol–water partition coefficient (Wildman–Crippen LogP) is 1.12. The molecule has 0 saturated heterocycles. The fourth-order valence-corrected chi connectivity index (χ4v) is 0.481. The molecule has 0 heterocycles. The molecule has 0 aromatic heterocycles. The molecule has 1 N–H and O–H groups in total. The van der Waals surface area contributed by atoms with Gasteiger partial charge in [-0.1, -0.05) is 6.92 Å². The minimum atomic E-state index is 0.744. The summed E-state index contributed by atoms with van der Waals surface area (Å²) in [5, 5.41) is 2.89. The number of carbonyl (C=O) groups is 1. The van der Waals surface area contributed by atoms with Crippen molar-refractivity contribution in [3.05, 3.63) is 11.8 Å². The van der Waals surface area contributed by atoms with Crippen LogP contribution >= 0.6 is 0 Å². The van der Waals surface area contributed by atoms with E-state index < -0.39 is 0 Å². The van der Waals surface area contributed by atoms with Crippen molar-refractivity contribution in [2.75, 3.05) is 7.05 Å². The Balaban J connectivity index is 3.98. The Morgan fingerprint density at radius 1 is 1.64 bits per heavy atom. The lowest BCUT2D eigenvalue weighted by Crippen LogP contribution is -2.13. The van der Waals surface area contributed by atoms with Gasteiger partial charge in [-0.05, 0) is 13.3 Å². The van der Waals surface area contributed by atoms with E-state index >= 15 is 0 Å². The van der Waals surface area contributed by atoms with E-state index in [1.165, 1.54) is 0 Å². The summed E-state index contributed by atoms with van der Waals surface area (Å²) in [6, 6.07) is 0. The van der Waals surface area contributed by atoms with Gasteiger partial charge in [-0.15, -0.1) is 0 Å². The van der Waals surface area contributed by atoms with Crippen molar-refractivity contribution in [2.24, 2.45) is 4.99 Å². The third kappa shape index (κ3) is 4.31. The molecule has 0 bridgehead atoms. The van der Waals surface area contributed by atoms with Gasteiger partial charge in [0.2, 0.25) is 0 Å². The van der Waals surface area contributed by atoms with Crippen LogP contribution in [0.25, 0.3) is 0 Å². The number of nitrogens with zero attached hydrogens (tertiary/aromatic N) is 1. The monoisotopic (exact) mass is 154 g/mol. The molecule has 3 nitrogen and oxygen atoms in total. The molecule has 0 aromatic carbocycles. The number of aliphatic imine (C=N–C) groups is 1. The van der Waals surface area contributed by atoms with Crippen molar-refractivity contribution < 1.29 is 4.79 Å². The molecule has 11 heavy (non-hydrogen) atoms. The van der Waals surface area contributed by atoms with Gasteiger partial charge in [-0.2, -0.15) is 0 Å². The maximum atomic E-state index is 10.3. The van der Waals surface area contributed by atoms with E-state index in [1.54, 1.807) is 13.2 Å². The van der Waals surface area contributed by atoms with Crippen molar-refractivity contribution in [3.63, 3.8) is 0 Å². The fraction of sp³-hybridized carbons (Fsp3) is 0.500. The summed E-state index contributed by atoms with van der Waals surface area (Å²) in [6.45, 7) is 3.77. The minimum Gasteiger partial charge on any atom is -0.350 e. The largest absolute Gasteiger partial charge is 0.350 e. The average Bonchev–Trinajstić information content (AvgIpc) is 2.06. The number of rotatable bonds is 3. The third-order valence-electron chi connectivity index (χ3n) is 1.36. The minimum absolute atomic E-state index is 0.744. The van der Waals surface area contributed by atoms with Crippen LogP contribution in [0.2, 0.25) is 0 Å². The van der Waals surface area contributed by atoms with Crippen LogP contribution in [0, 0.1) is 0 Å². The second-order valence-electron chi connectivity index (χ2n) is 2.14. The Hall–Kier alpha value is -1.12. The molecule has 0 amide bonds. The van der Waals surface area contributed by atoms with Gasteiger partial charge < -0.3 is 5.32 Å². The van der Waals surface area contributed by atoms with Gasteiger partial charge in [0.1, 0.15) is 6.29 Å². The second-order valence-corrected chi connectivity index (χ2v) is 2.14. The van der Waals surface area contributed by atoms with Crippen molar-refractivity contribution in [2.45, 2.75) is 20.3 Å². The first-order chi connectivity index (χ1) is 5.24. The summed E-state index contributed by atoms with van der Waals surface area (Å²) < 4.78 is 0. The second kappa shape index (κ2) is 5.65. The molecule has 0 aliphatic rings. The topological polar surface area (TPSA) is 41.5 Å². The maximum absolute atomic E-state index is 10.3. The highest BCUT2D eigenvalue weighted by Gasteiger charge is 1.89. The van der Waals surface area contributed by atoms with Crippen LogP contribution in [-0.2, 0) is 4.79 Å². The molecule has 62 valence electrons. The van der Waals surface area contributed by atoms with Crippen LogP contribution in [-0.4, -0.2) is 19.2 Å². The lowest BCUT2D eigenvalue weighted by atomic mass is 10.2. The highest BCUT2D eigenvalue weighted by atomic mass is 16.1. The Labute approximate surface area is 67.2 Å². The Kier molecular flexibility index (Phi) is 5.07. The Morgan fingerprint density at radius 2 is 2.27 bits per heavy atom. The normalized spacial score (nSPS) is 13.0. The third-order valence-corrected chi connectivity index (χ3v) is 1.36. The van der Waals surface area contributed by atoms with E-state index in [4.69, 9.17) is 0 Å². The highest BCUT2D eigenvalue weighted by molar-refractivity contribution is 5.82. The summed E-state index contributed by atoms with van der Waals surface area (Å²) in [5.74, 6) is 0.804. The smallest absolute Gasteiger partial charge is 0.147 e. The lowest BCUT2D eigenvalue weighted by molar-refractivity contribution is -0.105. The Morgan fingerprint density at radius 3 is 2.64 bits per heavy atom. The molecular weight excluding hydrogens is 140 g/mol. The van der Waals surface area contributed by atoms with Crippen molar-refractivity contribution in [1.29, 1.82) is 0 Å². The summed E-state index contributed by atoms with van der Waals surface area (Å²) in [4.78, 5) is 14.2. The van der Waals surface area contributed by atoms with Gasteiger partial charge in [0.15, 0.2) is 0 Å². The zero-order valence-corrected chi connectivity index (χ0v) is 7.22. The van der Waals surface area contributed by atoms with Crippen molar-refractivity contribution >= 4 is 12.1 Å². The number of hydrogen-bond acceptors (Lipinski definition) is 2. The standard InChI is InChI=1S/C8H14N2O/c1-4-8(6-11)5-10-7(2)9-3/h5-6H,4H2,1-3H3,(H,9,10)/b8-5-. The molecule has 0 fully saturated rings. The molecule has 0 unspecified atom stereocenters. The van der Waals surface area contributed by atoms with E-state index in [2.05, 4.69) is 10.3 Å². The van der Waals surface area contributed by atoms with Crippen LogP contribution < -0.4 is 5.32 Å². The zero-order valence-electron chi connectivity index (χ0n) is 7.22. The van der Waals surface area contributed by atoms with Gasteiger partial charge in [0.25, 0.3) is 0 Å². The Bertz CT molecular complexity index is 183. The first-order valence-corrected chi connectivity index (χ1v) is 3.58. The van der Waals surface area contributed by atoms with Gasteiger partial charge in [0.05, 0.1) is 5.84 Å². The molecule has 0 aliphatic carbocycles. The first kappa shape index (κ1) is 9.88. The van der Waals surface area contributed by atoms with Gasteiger partial charge in [-0.3, -0.25) is 9.79 Å². The molecule has 0 aliphatic heterocycles. The fourth-order valence-electron chi connectivity index (χ4n) is 0.481. The number of hydrogen-bond donors (Lipinski definition) is 1. The molecule has 3 heteroatoms. The quantitative estimate of drug-likeness (QED) is 0.286. The van der Waals surface area contributed by atoms with Gasteiger partial charge in [0, 0.05) is 18.8 Å². The van der Waals surface area contributed by atoms with Crippen LogP contribution in [0.4, 0.5) is 0 Å². The number of amidine groups is 1. The van der Waals surface area contributed by atoms with Crippen molar-refractivity contribution in [3.8, 4) is 0 Å². The molecule has 0 radical (unpaired) electrons. The first-order valence-electron chi connectivity index (χ1n) is 3.58. The number of allylic oxidation sites excluding steroid dienone is 1. The predicted molar refractivity (Wildman–Crippen MR) is 46.6 cm³/mol. The van der Waals surface area contributed by atoms with Gasteiger partial charge >= 0.3 is 0 Å². The average molecular weight is 154 g/mol. The van der Waals surface area contributed by atoms with Gasteiger partial charge in [-0.25, -0.2) is 0 Å². The van der Waals surface area contributed by atoms with E-state index in [1.807, 2.05) is 13.8 Å². The summed E-state index contributed by atoms with van der Waals surface area (Å²) in [7, 11) is 1.70. The maximum Gasteiger partial charge on any atom is 0.147 e. The summed E-state index contributed by atoms with van der Waals surface area (Å²) in [6.07, 6.45) is 3.26. The van der Waals surface area contributed by atoms with E-state index in [9.17, 15) is 4.79 Å². The number of carbonyl (C=O) groups excluding carboxylic acids is 1. The van der Waals surface area contributed by atoms with E-state index in [0.29, 0.717) is 0 Å². The highest BCUT2D eigenvalue weighted by Crippen LogP contribution is 1.92. The van der Waals surface area contributed by atoms with Crippen LogP contribution in [0.1, 0.15) is 20.3 Å². The lowest BCUT2D eigenvalue weighted by Gasteiger charge is -1.98. The van der Waals surface area contributed by atoms with Crippen LogP contribution in [0.5, 0.6) is 0 Å². The van der Waals surface area contributed by atoms with Crippen LogP contribution in [0.15, 0.2) is 16.8 Å². The van der Waals surface area contributed by atoms with Crippen molar-refractivity contribution in [1.82, 2.24) is 5.32 Å². The number of nitrogens with one attached hydrogen (secondary N) is 1. The number of aldehydes is 1. The summed E-state index contributed by atoms with van der Waals surface area (Å²) in [5.41, 5.74) is 0.744.